The molecular formula is C25H33N3O2. The number of amides is 2. The third-order valence-electron chi connectivity index (χ3n) is 5.35. The summed E-state index contributed by atoms with van der Waals surface area (Å²) in [5.41, 5.74) is 3.73. The lowest BCUT2D eigenvalue weighted by Gasteiger charge is -2.23. The third-order valence-corrected chi connectivity index (χ3v) is 5.35. The molecule has 1 fully saturated rings. The van der Waals surface area contributed by atoms with Crippen LogP contribution in [0.1, 0.15) is 67.6 Å². The predicted octanol–water partition coefficient (Wildman–Crippen LogP) is 4.46. The minimum Gasteiger partial charge on any atom is -0.349 e. The first-order valence-electron chi connectivity index (χ1n) is 11.0. The Morgan fingerprint density at radius 3 is 2.43 bits per heavy atom. The number of carbonyl (C=O) groups excluding carboxylic acids is 2. The largest absolute Gasteiger partial charge is 0.349 e. The summed E-state index contributed by atoms with van der Waals surface area (Å²) in [6.45, 7) is 6.69. The molecule has 0 aliphatic heterocycles. The van der Waals surface area contributed by atoms with Gasteiger partial charge in [-0.15, -0.1) is 0 Å². The van der Waals surface area contributed by atoms with Crippen molar-refractivity contribution in [1.82, 2.24) is 10.6 Å². The number of hydrogen-bond donors (Lipinski definition) is 3. The van der Waals surface area contributed by atoms with Gasteiger partial charge in [0.05, 0.1) is 6.54 Å². The molecule has 1 aliphatic rings. The van der Waals surface area contributed by atoms with Gasteiger partial charge in [-0.2, -0.15) is 0 Å². The summed E-state index contributed by atoms with van der Waals surface area (Å²) >= 11 is 0. The predicted molar refractivity (Wildman–Crippen MR) is 122 cm³/mol. The van der Waals surface area contributed by atoms with Crippen LogP contribution in [-0.2, 0) is 11.2 Å². The maximum absolute atomic E-state index is 12.5. The Hall–Kier alpha value is -2.66. The van der Waals surface area contributed by atoms with Crippen LogP contribution in [0.25, 0.3) is 0 Å². The maximum atomic E-state index is 12.5. The molecule has 0 unspecified atom stereocenters. The molecule has 0 bridgehead atoms. The van der Waals surface area contributed by atoms with E-state index in [9.17, 15) is 9.59 Å². The van der Waals surface area contributed by atoms with Crippen LogP contribution in [-0.4, -0.2) is 24.4 Å². The molecule has 2 aromatic rings. The number of nitrogens with one attached hydrogen (secondary N) is 3. The second-order valence-corrected chi connectivity index (χ2v) is 8.47. The van der Waals surface area contributed by atoms with Gasteiger partial charge >= 0.3 is 0 Å². The summed E-state index contributed by atoms with van der Waals surface area (Å²) in [6, 6.07) is 16.2. The van der Waals surface area contributed by atoms with Crippen molar-refractivity contribution in [3.8, 4) is 0 Å². The Balaban J connectivity index is 1.56. The van der Waals surface area contributed by atoms with Crippen molar-refractivity contribution >= 4 is 17.5 Å². The van der Waals surface area contributed by atoms with E-state index < -0.39 is 0 Å². The van der Waals surface area contributed by atoms with Crippen molar-refractivity contribution in [2.24, 2.45) is 5.92 Å². The second-order valence-electron chi connectivity index (χ2n) is 8.47. The highest BCUT2D eigenvalue weighted by Crippen LogP contribution is 2.23. The number of benzene rings is 2. The smallest absolute Gasteiger partial charge is 0.251 e. The average Bonchev–Trinajstić information content (AvgIpc) is 3.53. The lowest BCUT2D eigenvalue weighted by molar-refractivity contribution is -0.115. The van der Waals surface area contributed by atoms with E-state index in [1.807, 2.05) is 0 Å². The fourth-order valence-electron chi connectivity index (χ4n) is 3.56. The van der Waals surface area contributed by atoms with E-state index in [4.69, 9.17) is 0 Å². The summed E-state index contributed by atoms with van der Waals surface area (Å²) < 4.78 is 0. The zero-order valence-corrected chi connectivity index (χ0v) is 18.2. The molecule has 160 valence electrons. The lowest BCUT2D eigenvalue weighted by atomic mass is 9.94. The van der Waals surface area contributed by atoms with Crippen molar-refractivity contribution < 1.29 is 9.59 Å². The topological polar surface area (TPSA) is 70.2 Å². The molecule has 0 spiro atoms. The Kier molecular flexibility index (Phi) is 7.63. The van der Waals surface area contributed by atoms with Crippen LogP contribution in [0.2, 0.25) is 0 Å². The van der Waals surface area contributed by atoms with Gasteiger partial charge in [-0.1, -0.05) is 57.5 Å². The highest BCUT2D eigenvalue weighted by atomic mass is 16.2. The molecule has 0 saturated heterocycles. The molecule has 30 heavy (non-hydrogen) atoms. The first kappa shape index (κ1) is 22.0. The minimum atomic E-state index is -0.122. The first-order valence-corrected chi connectivity index (χ1v) is 11.0. The molecule has 0 heterocycles. The molecule has 0 radical (unpaired) electrons. The van der Waals surface area contributed by atoms with E-state index in [2.05, 4.69) is 61.0 Å². The van der Waals surface area contributed by atoms with Crippen molar-refractivity contribution in [2.45, 2.75) is 58.5 Å². The monoisotopic (exact) mass is 407 g/mol. The van der Waals surface area contributed by atoms with E-state index in [-0.39, 0.29) is 24.4 Å². The van der Waals surface area contributed by atoms with Gasteiger partial charge in [-0.05, 0) is 54.5 Å². The van der Waals surface area contributed by atoms with Gasteiger partial charge in [0.25, 0.3) is 5.91 Å². The number of rotatable bonds is 10. The number of anilines is 1. The molecule has 2 amide bonds. The van der Waals surface area contributed by atoms with Crippen molar-refractivity contribution in [2.75, 3.05) is 11.9 Å². The molecule has 1 saturated carbocycles. The molecule has 2 aromatic carbocycles. The van der Waals surface area contributed by atoms with Crippen molar-refractivity contribution in [1.29, 1.82) is 0 Å². The van der Waals surface area contributed by atoms with Gasteiger partial charge in [0.2, 0.25) is 5.91 Å². The minimum absolute atomic E-state index is 0.0851. The van der Waals surface area contributed by atoms with Gasteiger partial charge in [0.1, 0.15) is 0 Å². The lowest BCUT2D eigenvalue weighted by Crippen LogP contribution is -2.33. The molecular weight excluding hydrogens is 374 g/mol. The molecule has 0 aromatic heterocycles. The molecule has 3 N–H and O–H groups in total. The summed E-state index contributed by atoms with van der Waals surface area (Å²) in [5, 5.41) is 9.25. The number of carbonyl (C=O) groups is 2. The molecule has 5 heteroatoms. The quantitative estimate of drug-likeness (QED) is 0.545. The van der Waals surface area contributed by atoms with E-state index in [0.717, 1.165) is 25.7 Å². The maximum Gasteiger partial charge on any atom is 0.251 e. The summed E-state index contributed by atoms with van der Waals surface area (Å²) in [5.74, 6) is 0.144. The number of aryl methyl sites for hydroxylation is 1. The van der Waals surface area contributed by atoms with Crippen LogP contribution in [0.4, 0.5) is 5.69 Å². The standard InChI is InChI=1S/C25H33N3O2/c1-4-6-18-9-11-19(12-10-18)24(17(2)3)26-16-23(29)27-22-8-5-7-20(15-22)25(30)28-21-13-14-21/h5,7-12,15,17,21,24,26H,4,6,13-14,16H2,1-3H3,(H,27,29)(H,28,30)/t24-/m0/s1. The normalized spacial score (nSPS) is 14.4. The second kappa shape index (κ2) is 10.4. The summed E-state index contributed by atoms with van der Waals surface area (Å²) in [4.78, 5) is 24.7. The zero-order chi connectivity index (χ0) is 21.5. The van der Waals surface area contributed by atoms with Crippen LogP contribution < -0.4 is 16.0 Å². The van der Waals surface area contributed by atoms with E-state index >= 15 is 0 Å². The van der Waals surface area contributed by atoms with E-state index in [0.29, 0.717) is 23.2 Å². The highest BCUT2D eigenvalue weighted by molar-refractivity contribution is 5.97. The average molecular weight is 408 g/mol. The summed E-state index contributed by atoms with van der Waals surface area (Å²) in [7, 11) is 0. The zero-order valence-electron chi connectivity index (χ0n) is 18.2. The van der Waals surface area contributed by atoms with Crippen LogP contribution in [0.5, 0.6) is 0 Å². The van der Waals surface area contributed by atoms with Crippen LogP contribution >= 0.6 is 0 Å². The Morgan fingerprint density at radius 1 is 1.07 bits per heavy atom. The van der Waals surface area contributed by atoms with Crippen molar-refractivity contribution in [3.63, 3.8) is 0 Å². The van der Waals surface area contributed by atoms with Gasteiger partial charge in [0, 0.05) is 23.3 Å². The summed E-state index contributed by atoms with van der Waals surface area (Å²) in [6.07, 6.45) is 4.31. The van der Waals surface area contributed by atoms with Crippen LogP contribution in [0.3, 0.4) is 0 Å². The fourth-order valence-corrected chi connectivity index (χ4v) is 3.56. The van der Waals surface area contributed by atoms with Gasteiger partial charge in [-0.3, -0.25) is 9.59 Å². The molecule has 3 rings (SSSR count). The molecule has 1 aliphatic carbocycles. The molecule has 5 nitrogen and oxygen atoms in total. The van der Waals surface area contributed by atoms with Crippen molar-refractivity contribution in [3.05, 3.63) is 65.2 Å². The van der Waals surface area contributed by atoms with Gasteiger partial charge in [-0.25, -0.2) is 0 Å². The Bertz CT molecular complexity index is 857. The van der Waals surface area contributed by atoms with Gasteiger partial charge < -0.3 is 16.0 Å². The van der Waals surface area contributed by atoms with Crippen LogP contribution in [0.15, 0.2) is 48.5 Å². The number of hydrogen-bond acceptors (Lipinski definition) is 3. The van der Waals surface area contributed by atoms with E-state index in [1.165, 1.54) is 11.1 Å². The van der Waals surface area contributed by atoms with Crippen LogP contribution in [0, 0.1) is 5.92 Å². The van der Waals surface area contributed by atoms with Gasteiger partial charge in [0.15, 0.2) is 0 Å². The Morgan fingerprint density at radius 2 is 1.80 bits per heavy atom. The Labute approximate surface area is 179 Å². The molecule has 1 atom stereocenters. The highest BCUT2D eigenvalue weighted by Gasteiger charge is 2.24. The fraction of sp³-hybridized carbons (Fsp3) is 0.440. The third kappa shape index (κ3) is 6.42. The van der Waals surface area contributed by atoms with E-state index in [1.54, 1.807) is 24.3 Å². The SMILES string of the molecule is CCCc1ccc([C@@H](NCC(=O)Nc2cccc(C(=O)NC3CC3)c2)C(C)C)cc1. The first-order chi connectivity index (χ1) is 14.5.